The van der Waals surface area contributed by atoms with Gasteiger partial charge in [-0.2, -0.15) is 0 Å². The number of likely N-dealkylation sites (tertiary alicyclic amines) is 1. The van der Waals surface area contributed by atoms with E-state index in [0.717, 1.165) is 37.8 Å². The first kappa shape index (κ1) is 28.3. The van der Waals surface area contributed by atoms with Crippen LogP contribution in [-0.4, -0.2) is 29.7 Å². The number of carbonyl (C=O) groups excluding carboxylic acids is 1. The van der Waals surface area contributed by atoms with E-state index >= 15 is 0 Å². The Morgan fingerprint density at radius 3 is 2.19 bits per heavy atom. The molecule has 0 spiro atoms. The number of hydrogen-bond donors (Lipinski definition) is 0. The smallest absolute Gasteiger partial charge is 0.410 e. The Bertz CT molecular complexity index is 435. The highest BCUT2D eigenvalue weighted by atomic mass is 16.6. The third-order valence-corrected chi connectivity index (χ3v) is 6.75. The molecule has 1 rings (SSSR count). The molecule has 3 heteroatoms. The van der Waals surface area contributed by atoms with Crippen molar-refractivity contribution in [3.8, 4) is 0 Å². The van der Waals surface area contributed by atoms with Crippen molar-refractivity contribution in [3.63, 3.8) is 0 Å². The van der Waals surface area contributed by atoms with Crippen LogP contribution in [0.4, 0.5) is 4.79 Å². The van der Waals surface area contributed by atoms with Gasteiger partial charge in [-0.1, -0.05) is 97.3 Å². The molecule has 0 aromatic rings. The van der Waals surface area contributed by atoms with E-state index in [4.69, 9.17) is 4.74 Å². The van der Waals surface area contributed by atoms with Crippen LogP contribution in [0.3, 0.4) is 0 Å². The zero-order valence-electron chi connectivity index (χ0n) is 21.7. The van der Waals surface area contributed by atoms with Gasteiger partial charge in [0.25, 0.3) is 0 Å². The second-order valence-corrected chi connectivity index (χ2v) is 10.9. The third kappa shape index (κ3) is 14.9. The molecule has 1 atom stereocenters. The van der Waals surface area contributed by atoms with Crippen molar-refractivity contribution in [2.75, 3.05) is 13.1 Å². The minimum atomic E-state index is -0.395. The highest BCUT2D eigenvalue weighted by Gasteiger charge is 2.26. The first-order valence-corrected chi connectivity index (χ1v) is 13.6. The molecule has 3 nitrogen and oxygen atoms in total. The molecule has 0 aliphatic carbocycles. The van der Waals surface area contributed by atoms with Crippen molar-refractivity contribution < 1.29 is 9.53 Å². The zero-order chi connectivity index (χ0) is 23.0. The van der Waals surface area contributed by atoms with Gasteiger partial charge in [-0.05, 0) is 58.3 Å². The van der Waals surface area contributed by atoms with Crippen LogP contribution in [0.2, 0.25) is 0 Å². The molecule has 1 saturated heterocycles. The summed E-state index contributed by atoms with van der Waals surface area (Å²) >= 11 is 0. The molecule has 0 aromatic heterocycles. The van der Waals surface area contributed by atoms with Gasteiger partial charge in [0.2, 0.25) is 0 Å². The molecule has 0 saturated carbocycles. The quantitative estimate of drug-likeness (QED) is 0.226. The molecule has 1 amide bonds. The highest BCUT2D eigenvalue weighted by molar-refractivity contribution is 5.68. The molecular formula is C28H54NO2. The fourth-order valence-electron chi connectivity index (χ4n) is 4.76. The predicted octanol–water partition coefficient (Wildman–Crippen LogP) is 8.96. The van der Waals surface area contributed by atoms with Crippen LogP contribution in [0.15, 0.2) is 0 Å². The minimum Gasteiger partial charge on any atom is -0.444 e. The van der Waals surface area contributed by atoms with Crippen molar-refractivity contribution in [3.05, 3.63) is 6.42 Å². The standard InChI is InChI=1S/C28H54NO2/c1-6-8-10-12-13-15-18-25(17-14-11-9-7-2)19-16-20-26-21-23-29(24-22-26)27(30)31-28(3,4)5/h13,25-26H,6-12,14-24H2,1-5H3. The van der Waals surface area contributed by atoms with Gasteiger partial charge in [-0.25, -0.2) is 4.79 Å². The molecule has 0 bridgehead atoms. The van der Waals surface area contributed by atoms with Crippen LogP contribution in [0.1, 0.15) is 137 Å². The van der Waals surface area contributed by atoms with Crippen LogP contribution >= 0.6 is 0 Å². The van der Waals surface area contributed by atoms with Gasteiger partial charge in [0.1, 0.15) is 5.60 Å². The van der Waals surface area contributed by atoms with Crippen molar-refractivity contribution >= 4 is 6.09 Å². The molecule has 1 fully saturated rings. The highest BCUT2D eigenvalue weighted by Crippen LogP contribution is 2.28. The second-order valence-electron chi connectivity index (χ2n) is 10.9. The summed E-state index contributed by atoms with van der Waals surface area (Å²) < 4.78 is 5.53. The molecule has 31 heavy (non-hydrogen) atoms. The Morgan fingerprint density at radius 2 is 1.55 bits per heavy atom. The second kappa shape index (κ2) is 16.8. The lowest BCUT2D eigenvalue weighted by Crippen LogP contribution is -2.41. The number of piperidine rings is 1. The van der Waals surface area contributed by atoms with E-state index in [1.165, 1.54) is 89.9 Å². The van der Waals surface area contributed by atoms with Gasteiger partial charge in [-0.15, -0.1) is 0 Å². The number of rotatable bonds is 16. The molecule has 1 aliphatic rings. The summed E-state index contributed by atoms with van der Waals surface area (Å²) in [7, 11) is 0. The van der Waals surface area contributed by atoms with E-state index in [0.29, 0.717) is 0 Å². The average Bonchev–Trinajstić information content (AvgIpc) is 2.72. The summed E-state index contributed by atoms with van der Waals surface area (Å²) in [5.41, 5.74) is -0.395. The van der Waals surface area contributed by atoms with Gasteiger partial charge in [0, 0.05) is 13.1 Å². The van der Waals surface area contributed by atoms with E-state index < -0.39 is 5.60 Å². The Kier molecular flexibility index (Phi) is 15.4. The maximum atomic E-state index is 12.3. The monoisotopic (exact) mass is 436 g/mol. The first-order chi connectivity index (χ1) is 14.9. The lowest BCUT2D eigenvalue weighted by molar-refractivity contribution is 0.0180. The van der Waals surface area contributed by atoms with Crippen molar-refractivity contribution in [1.82, 2.24) is 4.90 Å². The van der Waals surface area contributed by atoms with Gasteiger partial charge in [0.05, 0.1) is 0 Å². The largest absolute Gasteiger partial charge is 0.444 e. The fourth-order valence-corrected chi connectivity index (χ4v) is 4.76. The lowest BCUT2D eigenvalue weighted by atomic mass is 9.86. The topological polar surface area (TPSA) is 29.5 Å². The van der Waals surface area contributed by atoms with Crippen LogP contribution in [0.5, 0.6) is 0 Å². The van der Waals surface area contributed by atoms with Crippen molar-refractivity contribution in [1.29, 1.82) is 0 Å². The molecule has 0 N–H and O–H groups in total. The lowest BCUT2D eigenvalue weighted by Gasteiger charge is -2.33. The molecule has 0 aromatic carbocycles. The van der Waals surface area contributed by atoms with Crippen LogP contribution < -0.4 is 0 Å². The summed E-state index contributed by atoms with van der Waals surface area (Å²) in [5.74, 6) is 1.71. The molecule has 1 unspecified atom stereocenters. The summed E-state index contributed by atoms with van der Waals surface area (Å²) in [6.07, 6.45) is 23.9. The predicted molar refractivity (Wildman–Crippen MR) is 134 cm³/mol. The summed E-state index contributed by atoms with van der Waals surface area (Å²) in [5, 5.41) is 0. The molecule has 1 aliphatic heterocycles. The molecule has 1 radical (unpaired) electrons. The third-order valence-electron chi connectivity index (χ3n) is 6.75. The summed E-state index contributed by atoms with van der Waals surface area (Å²) in [6.45, 7) is 12.2. The first-order valence-electron chi connectivity index (χ1n) is 13.6. The summed E-state index contributed by atoms with van der Waals surface area (Å²) in [6, 6.07) is 0. The Morgan fingerprint density at radius 1 is 0.903 bits per heavy atom. The van der Waals surface area contributed by atoms with E-state index in [9.17, 15) is 4.79 Å². The van der Waals surface area contributed by atoms with Gasteiger partial charge >= 0.3 is 6.09 Å². The number of nitrogens with zero attached hydrogens (tertiary/aromatic N) is 1. The minimum absolute atomic E-state index is 0.131. The number of carbonyl (C=O) groups is 1. The van der Waals surface area contributed by atoms with Crippen molar-refractivity contribution in [2.45, 2.75) is 143 Å². The van der Waals surface area contributed by atoms with Gasteiger partial charge in [0.15, 0.2) is 0 Å². The van der Waals surface area contributed by atoms with Crippen LogP contribution in [-0.2, 0) is 4.74 Å². The maximum Gasteiger partial charge on any atom is 0.410 e. The molecular weight excluding hydrogens is 382 g/mol. The van der Waals surface area contributed by atoms with E-state index in [2.05, 4.69) is 20.3 Å². The average molecular weight is 437 g/mol. The fraction of sp³-hybridized carbons (Fsp3) is 0.929. The number of amides is 1. The Balaban J connectivity index is 2.25. The zero-order valence-corrected chi connectivity index (χ0v) is 21.7. The SMILES string of the molecule is CCCCC[CH]CCC(CCCCCC)CCCC1CCN(C(=O)OC(C)(C)C)CC1. The van der Waals surface area contributed by atoms with Crippen LogP contribution in [0.25, 0.3) is 0 Å². The van der Waals surface area contributed by atoms with Gasteiger partial charge < -0.3 is 9.64 Å². The maximum absolute atomic E-state index is 12.3. The number of ether oxygens (including phenoxy) is 1. The Hall–Kier alpha value is -0.730. The normalized spacial score (nSPS) is 16.5. The number of unbranched alkanes of at least 4 members (excludes halogenated alkanes) is 8. The van der Waals surface area contributed by atoms with Crippen LogP contribution in [0, 0.1) is 18.3 Å². The van der Waals surface area contributed by atoms with Gasteiger partial charge in [-0.3, -0.25) is 0 Å². The van der Waals surface area contributed by atoms with E-state index in [1.807, 2.05) is 25.7 Å². The molecule has 183 valence electrons. The van der Waals surface area contributed by atoms with E-state index in [1.54, 1.807) is 0 Å². The Labute approximate surface area is 195 Å². The van der Waals surface area contributed by atoms with E-state index in [-0.39, 0.29) is 6.09 Å². The number of hydrogen-bond acceptors (Lipinski definition) is 2. The van der Waals surface area contributed by atoms with Crippen molar-refractivity contribution in [2.24, 2.45) is 11.8 Å². The molecule has 1 heterocycles. The summed E-state index contributed by atoms with van der Waals surface area (Å²) in [4.78, 5) is 14.2.